The molecule has 2 heteroatoms. The van der Waals surface area contributed by atoms with E-state index in [2.05, 4.69) is 35.7 Å². The number of nitrogens with one attached hydrogen (secondary N) is 1. The molecule has 3 aromatic rings. The average Bonchev–Trinajstić information content (AvgIpc) is 2.65. The van der Waals surface area contributed by atoms with E-state index in [1.54, 1.807) is 0 Å². The SMILES string of the molecule is Cc1ccccc1[C@@H](C#N)NC(c1ccccc1)c1ccccc1. The zero-order chi connectivity index (χ0) is 16.8. The van der Waals surface area contributed by atoms with E-state index in [1.807, 2.05) is 67.6 Å². The van der Waals surface area contributed by atoms with Crippen molar-refractivity contribution < 1.29 is 0 Å². The second kappa shape index (κ2) is 7.59. The Labute approximate surface area is 143 Å². The van der Waals surface area contributed by atoms with Crippen molar-refractivity contribution in [3.05, 3.63) is 107 Å². The van der Waals surface area contributed by atoms with Crippen molar-refractivity contribution in [2.45, 2.75) is 19.0 Å². The molecule has 24 heavy (non-hydrogen) atoms. The molecular weight excluding hydrogens is 292 g/mol. The van der Waals surface area contributed by atoms with Crippen molar-refractivity contribution >= 4 is 0 Å². The second-order valence-electron chi connectivity index (χ2n) is 5.84. The fourth-order valence-corrected chi connectivity index (χ4v) is 2.95. The molecule has 0 amide bonds. The van der Waals surface area contributed by atoms with Gasteiger partial charge in [0.25, 0.3) is 0 Å². The van der Waals surface area contributed by atoms with Crippen LogP contribution in [0.4, 0.5) is 0 Å². The van der Waals surface area contributed by atoms with Gasteiger partial charge in [-0.05, 0) is 29.2 Å². The Balaban J connectivity index is 1.98. The summed E-state index contributed by atoms with van der Waals surface area (Å²) < 4.78 is 0. The third-order valence-corrected chi connectivity index (χ3v) is 4.23. The molecule has 0 bridgehead atoms. The molecule has 0 aliphatic heterocycles. The van der Waals surface area contributed by atoms with Gasteiger partial charge in [0.05, 0.1) is 12.1 Å². The number of hydrogen-bond donors (Lipinski definition) is 1. The highest BCUT2D eigenvalue weighted by molar-refractivity contribution is 5.36. The van der Waals surface area contributed by atoms with Crippen molar-refractivity contribution in [1.82, 2.24) is 5.32 Å². The van der Waals surface area contributed by atoms with E-state index in [0.717, 1.165) is 22.3 Å². The Morgan fingerprint density at radius 1 is 0.750 bits per heavy atom. The average molecular weight is 312 g/mol. The highest BCUT2D eigenvalue weighted by atomic mass is 15.0. The van der Waals surface area contributed by atoms with Crippen LogP contribution in [0, 0.1) is 18.3 Å². The van der Waals surface area contributed by atoms with Crippen LogP contribution in [0.15, 0.2) is 84.9 Å². The molecule has 0 aliphatic rings. The van der Waals surface area contributed by atoms with Crippen molar-refractivity contribution in [1.29, 1.82) is 5.26 Å². The summed E-state index contributed by atoms with van der Waals surface area (Å²) >= 11 is 0. The smallest absolute Gasteiger partial charge is 0.122 e. The number of benzene rings is 3. The van der Waals surface area contributed by atoms with Gasteiger partial charge < -0.3 is 0 Å². The molecule has 0 saturated carbocycles. The maximum Gasteiger partial charge on any atom is 0.122 e. The third-order valence-electron chi connectivity index (χ3n) is 4.23. The third kappa shape index (κ3) is 3.53. The van der Waals surface area contributed by atoms with Gasteiger partial charge in [0.2, 0.25) is 0 Å². The second-order valence-corrected chi connectivity index (χ2v) is 5.84. The van der Waals surface area contributed by atoms with Crippen molar-refractivity contribution in [2.75, 3.05) is 0 Å². The van der Waals surface area contributed by atoms with Crippen LogP contribution in [-0.2, 0) is 0 Å². The molecule has 0 heterocycles. The molecule has 118 valence electrons. The largest absolute Gasteiger partial charge is 0.287 e. The summed E-state index contributed by atoms with van der Waals surface area (Å²) in [4.78, 5) is 0. The predicted molar refractivity (Wildman–Crippen MR) is 97.4 cm³/mol. The van der Waals surface area contributed by atoms with E-state index in [9.17, 15) is 5.26 Å². The molecular formula is C22H20N2. The molecule has 1 N–H and O–H groups in total. The van der Waals surface area contributed by atoms with Crippen LogP contribution in [0.3, 0.4) is 0 Å². The number of nitrogens with zero attached hydrogens (tertiary/aromatic N) is 1. The summed E-state index contributed by atoms with van der Waals surface area (Å²) in [5.41, 5.74) is 4.45. The van der Waals surface area contributed by atoms with Crippen LogP contribution >= 0.6 is 0 Å². The first-order chi connectivity index (χ1) is 11.8. The van der Waals surface area contributed by atoms with Gasteiger partial charge in [0.1, 0.15) is 6.04 Å². The molecule has 0 aliphatic carbocycles. The number of aryl methyl sites for hydroxylation is 1. The van der Waals surface area contributed by atoms with Crippen LogP contribution in [-0.4, -0.2) is 0 Å². The number of hydrogen-bond acceptors (Lipinski definition) is 2. The Morgan fingerprint density at radius 2 is 1.25 bits per heavy atom. The Hall–Kier alpha value is -2.89. The van der Waals surface area contributed by atoms with Crippen molar-refractivity contribution in [3.63, 3.8) is 0 Å². The van der Waals surface area contributed by atoms with Crippen LogP contribution in [0.2, 0.25) is 0 Å². The lowest BCUT2D eigenvalue weighted by Crippen LogP contribution is -2.27. The quantitative estimate of drug-likeness (QED) is 0.724. The molecule has 0 radical (unpaired) electrons. The summed E-state index contributed by atoms with van der Waals surface area (Å²) in [7, 11) is 0. The lowest BCUT2D eigenvalue weighted by molar-refractivity contribution is 0.557. The maximum absolute atomic E-state index is 9.73. The van der Waals surface area contributed by atoms with E-state index in [0.29, 0.717) is 0 Å². The van der Waals surface area contributed by atoms with Gasteiger partial charge in [0, 0.05) is 0 Å². The first kappa shape index (κ1) is 16.0. The van der Waals surface area contributed by atoms with Gasteiger partial charge in [0.15, 0.2) is 0 Å². The van der Waals surface area contributed by atoms with E-state index < -0.39 is 0 Å². The highest BCUT2D eigenvalue weighted by Gasteiger charge is 2.20. The Morgan fingerprint density at radius 3 is 1.75 bits per heavy atom. The molecule has 3 rings (SSSR count). The molecule has 0 spiro atoms. The summed E-state index contributed by atoms with van der Waals surface area (Å²) in [6.45, 7) is 2.04. The first-order valence-electron chi connectivity index (χ1n) is 8.10. The summed E-state index contributed by atoms with van der Waals surface area (Å²) in [5.74, 6) is 0. The summed E-state index contributed by atoms with van der Waals surface area (Å²) in [6, 6.07) is 30.6. The summed E-state index contributed by atoms with van der Waals surface area (Å²) in [6.07, 6.45) is 0. The minimum absolute atomic E-state index is 0.0309. The minimum Gasteiger partial charge on any atom is -0.287 e. The normalized spacial score (nSPS) is 11.9. The Kier molecular flexibility index (Phi) is 5.05. The minimum atomic E-state index is -0.364. The highest BCUT2D eigenvalue weighted by Crippen LogP contribution is 2.26. The van der Waals surface area contributed by atoms with Crippen molar-refractivity contribution in [3.8, 4) is 6.07 Å². The van der Waals surface area contributed by atoms with E-state index in [4.69, 9.17) is 0 Å². The van der Waals surface area contributed by atoms with Crippen LogP contribution in [0.5, 0.6) is 0 Å². The number of nitriles is 1. The monoisotopic (exact) mass is 312 g/mol. The molecule has 0 saturated heterocycles. The van der Waals surface area contributed by atoms with E-state index >= 15 is 0 Å². The van der Waals surface area contributed by atoms with E-state index in [-0.39, 0.29) is 12.1 Å². The van der Waals surface area contributed by atoms with Gasteiger partial charge in [-0.1, -0.05) is 84.9 Å². The van der Waals surface area contributed by atoms with Gasteiger partial charge in [-0.3, -0.25) is 5.32 Å². The van der Waals surface area contributed by atoms with Crippen LogP contribution in [0.1, 0.15) is 34.3 Å². The van der Waals surface area contributed by atoms with Gasteiger partial charge >= 0.3 is 0 Å². The standard InChI is InChI=1S/C22H20N2/c1-17-10-8-9-15-20(17)21(16-23)24-22(18-11-4-2-5-12-18)19-13-6-3-7-14-19/h2-15,21-22,24H,1H3/t21-/m1/s1. The zero-order valence-electron chi connectivity index (χ0n) is 13.7. The molecule has 0 unspecified atom stereocenters. The van der Waals surface area contributed by atoms with Crippen molar-refractivity contribution in [2.24, 2.45) is 0 Å². The maximum atomic E-state index is 9.73. The molecule has 3 aromatic carbocycles. The fourth-order valence-electron chi connectivity index (χ4n) is 2.95. The van der Waals surface area contributed by atoms with Crippen LogP contribution in [0.25, 0.3) is 0 Å². The topological polar surface area (TPSA) is 35.8 Å². The molecule has 0 fully saturated rings. The zero-order valence-corrected chi connectivity index (χ0v) is 13.7. The van der Waals surface area contributed by atoms with E-state index in [1.165, 1.54) is 0 Å². The summed E-state index contributed by atoms with van der Waals surface area (Å²) in [5, 5.41) is 13.3. The molecule has 2 nitrogen and oxygen atoms in total. The molecule has 0 aromatic heterocycles. The van der Waals surface area contributed by atoms with Gasteiger partial charge in [-0.15, -0.1) is 0 Å². The molecule has 1 atom stereocenters. The number of rotatable bonds is 5. The van der Waals surface area contributed by atoms with Gasteiger partial charge in [-0.25, -0.2) is 0 Å². The first-order valence-corrected chi connectivity index (χ1v) is 8.10. The Bertz CT molecular complexity index is 780. The lowest BCUT2D eigenvalue weighted by Gasteiger charge is -2.24. The van der Waals surface area contributed by atoms with Gasteiger partial charge in [-0.2, -0.15) is 5.26 Å². The predicted octanol–water partition coefficient (Wildman–Crippen LogP) is 4.94. The lowest BCUT2D eigenvalue weighted by atomic mass is 9.95. The van der Waals surface area contributed by atoms with Crippen LogP contribution < -0.4 is 5.32 Å². The fraction of sp³-hybridized carbons (Fsp3) is 0.136.